The minimum Gasteiger partial charge on any atom is -0.289 e. The maximum absolute atomic E-state index is 10.9. The van der Waals surface area contributed by atoms with Crippen LogP contribution in [0.1, 0.15) is 19.3 Å². The molecule has 6 nitrogen and oxygen atoms in total. The van der Waals surface area contributed by atoms with E-state index in [0.29, 0.717) is 9.75 Å². The number of rotatable bonds is 2. The average molecular weight is 200 g/mol. The third kappa shape index (κ3) is 2.02. The predicted octanol–water partition coefficient (Wildman–Crippen LogP) is -1.04. The first-order valence-corrected chi connectivity index (χ1v) is 4.12. The van der Waals surface area contributed by atoms with Crippen molar-refractivity contribution < 1.29 is 9.59 Å². The van der Waals surface area contributed by atoms with E-state index in [1.54, 1.807) is 0 Å². The molecule has 0 radical (unpaired) electrons. The van der Waals surface area contributed by atoms with Gasteiger partial charge in [-0.05, 0) is 12.1 Å². The summed E-state index contributed by atoms with van der Waals surface area (Å²) in [6.07, 6.45) is 0. The summed E-state index contributed by atoms with van der Waals surface area (Å²) in [5, 5.41) is 0. The lowest BCUT2D eigenvalue weighted by Gasteiger charge is -1.93. The highest BCUT2D eigenvalue weighted by Crippen LogP contribution is 2.15. The van der Waals surface area contributed by atoms with Gasteiger partial charge < -0.3 is 0 Å². The Bertz CT molecular complexity index is 305. The van der Waals surface area contributed by atoms with E-state index in [1.807, 2.05) is 10.9 Å². The second-order valence-electron chi connectivity index (χ2n) is 2.11. The third-order valence-electron chi connectivity index (χ3n) is 1.32. The van der Waals surface area contributed by atoms with Gasteiger partial charge in [0.2, 0.25) is 0 Å². The second-order valence-corrected chi connectivity index (χ2v) is 3.19. The molecule has 0 bridgehead atoms. The predicted molar refractivity (Wildman–Crippen MR) is 47.6 cm³/mol. The molecule has 1 aromatic rings. The molecule has 0 fully saturated rings. The summed E-state index contributed by atoms with van der Waals surface area (Å²) >= 11 is 1.01. The van der Waals surface area contributed by atoms with Crippen LogP contribution in [-0.4, -0.2) is 11.8 Å². The summed E-state index contributed by atoms with van der Waals surface area (Å²) in [7, 11) is 0. The fourth-order valence-corrected chi connectivity index (χ4v) is 1.54. The van der Waals surface area contributed by atoms with Crippen LogP contribution < -0.4 is 22.5 Å². The van der Waals surface area contributed by atoms with E-state index >= 15 is 0 Å². The summed E-state index contributed by atoms with van der Waals surface area (Å²) in [5.74, 6) is 8.95. The van der Waals surface area contributed by atoms with Crippen LogP contribution in [0.4, 0.5) is 0 Å². The van der Waals surface area contributed by atoms with Crippen LogP contribution in [0.3, 0.4) is 0 Å². The summed E-state index contributed by atoms with van der Waals surface area (Å²) in [4.78, 5) is 22.6. The highest BCUT2D eigenvalue weighted by Gasteiger charge is 2.11. The largest absolute Gasteiger partial charge is 0.289 e. The zero-order valence-electron chi connectivity index (χ0n) is 6.53. The average Bonchev–Trinajstić information content (AvgIpc) is 2.64. The van der Waals surface area contributed by atoms with Crippen molar-refractivity contribution >= 4 is 23.2 Å². The Morgan fingerprint density at radius 2 is 1.46 bits per heavy atom. The van der Waals surface area contributed by atoms with Crippen molar-refractivity contribution in [2.75, 3.05) is 0 Å². The number of hydrogen-bond acceptors (Lipinski definition) is 5. The molecular weight excluding hydrogens is 192 g/mol. The van der Waals surface area contributed by atoms with Crippen LogP contribution in [0.2, 0.25) is 0 Å². The van der Waals surface area contributed by atoms with Crippen molar-refractivity contribution in [1.82, 2.24) is 10.9 Å². The van der Waals surface area contributed by atoms with Crippen LogP contribution in [0.15, 0.2) is 12.1 Å². The van der Waals surface area contributed by atoms with Gasteiger partial charge in [0.15, 0.2) is 0 Å². The Morgan fingerprint density at radius 1 is 1.08 bits per heavy atom. The zero-order valence-corrected chi connectivity index (χ0v) is 7.35. The van der Waals surface area contributed by atoms with Crippen LogP contribution in [0.5, 0.6) is 0 Å². The molecular formula is C6H8N4O2S. The van der Waals surface area contributed by atoms with Gasteiger partial charge in [-0.15, -0.1) is 11.3 Å². The molecule has 0 saturated heterocycles. The summed E-state index contributed by atoms with van der Waals surface area (Å²) in [6, 6.07) is 2.99. The van der Waals surface area contributed by atoms with Crippen molar-refractivity contribution in [2.24, 2.45) is 11.7 Å². The number of nitrogens with one attached hydrogen (secondary N) is 2. The normalized spacial score (nSPS) is 9.38. The van der Waals surface area contributed by atoms with Crippen LogP contribution >= 0.6 is 11.3 Å². The smallest absolute Gasteiger partial charge is 0.275 e. The lowest BCUT2D eigenvalue weighted by Crippen LogP contribution is -2.29. The van der Waals surface area contributed by atoms with Gasteiger partial charge >= 0.3 is 0 Å². The minimum atomic E-state index is -0.430. The van der Waals surface area contributed by atoms with Gasteiger partial charge in [-0.25, -0.2) is 11.7 Å². The molecule has 0 aromatic carbocycles. The number of nitrogens with two attached hydrogens (primary N) is 2. The van der Waals surface area contributed by atoms with Gasteiger partial charge in [0.05, 0.1) is 9.75 Å². The number of hydrogen-bond donors (Lipinski definition) is 4. The summed E-state index contributed by atoms with van der Waals surface area (Å²) in [5.41, 5.74) is 3.92. The maximum atomic E-state index is 10.9. The van der Waals surface area contributed by atoms with Gasteiger partial charge in [-0.3, -0.25) is 20.4 Å². The number of amides is 2. The Labute approximate surface area is 77.8 Å². The number of carbonyl (C=O) groups excluding carboxylic acids is 2. The van der Waals surface area contributed by atoms with Crippen molar-refractivity contribution in [3.05, 3.63) is 21.9 Å². The van der Waals surface area contributed by atoms with E-state index in [-0.39, 0.29) is 0 Å². The Hall–Kier alpha value is -1.44. The highest BCUT2D eigenvalue weighted by molar-refractivity contribution is 7.15. The molecule has 70 valence electrons. The van der Waals surface area contributed by atoms with E-state index in [1.165, 1.54) is 12.1 Å². The molecule has 13 heavy (non-hydrogen) atoms. The first-order chi connectivity index (χ1) is 6.19. The van der Waals surface area contributed by atoms with Crippen molar-refractivity contribution in [2.45, 2.75) is 0 Å². The monoisotopic (exact) mass is 200 g/mol. The van der Waals surface area contributed by atoms with E-state index < -0.39 is 11.8 Å². The first kappa shape index (κ1) is 9.65. The molecule has 0 spiro atoms. The van der Waals surface area contributed by atoms with Gasteiger partial charge in [-0.2, -0.15) is 0 Å². The summed E-state index contributed by atoms with van der Waals surface area (Å²) < 4.78 is 0. The molecule has 0 aliphatic heterocycles. The lowest BCUT2D eigenvalue weighted by atomic mass is 10.4. The molecule has 0 unspecified atom stereocenters. The number of thiophene rings is 1. The Kier molecular flexibility index (Phi) is 2.96. The topological polar surface area (TPSA) is 110 Å². The van der Waals surface area contributed by atoms with Gasteiger partial charge in [-0.1, -0.05) is 0 Å². The lowest BCUT2D eigenvalue weighted by molar-refractivity contribution is 0.0951. The van der Waals surface area contributed by atoms with Gasteiger partial charge in [0.1, 0.15) is 0 Å². The van der Waals surface area contributed by atoms with Gasteiger partial charge in [0, 0.05) is 0 Å². The Balaban J connectivity index is 2.86. The molecule has 7 heteroatoms. The second kappa shape index (κ2) is 3.99. The fourth-order valence-electron chi connectivity index (χ4n) is 0.724. The molecule has 1 rings (SSSR count). The SMILES string of the molecule is NNC(=O)c1ccc(C(=O)NN)s1. The molecule has 0 saturated carbocycles. The maximum Gasteiger partial charge on any atom is 0.275 e. The van der Waals surface area contributed by atoms with E-state index in [9.17, 15) is 9.59 Å². The van der Waals surface area contributed by atoms with Crippen molar-refractivity contribution in [1.29, 1.82) is 0 Å². The fraction of sp³-hybridized carbons (Fsp3) is 0. The highest BCUT2D eigenvalue weighted by atomic mass is 32.1. The molecule has 1 heterocycles. The number of nitrogen functional groups attached to an aromatic ring is 2. The third-order valence-corrected chi connectivity index (χ3v) is 2.40. The quantitative estimate of drug-likeness (QED) is 0.277. The number of carbonyl (C=O) groups is 2. The van der Waals surface area contributed by atoms with Crippen molar-refractivity contribution in [3.63, 3.8) is 0 Å². The van der Waals surface area contributed by atoms with Crippen LogP contribution in [0, 0.1) is 0 Å². The molecule has 0 atom stereocenters. The number of hydrazine groups is 2. The zero-order chi connectivity index (χ0) is 9.84. The van der Waals surface area contributed by atoms with E-state index in [2.05, 4.69) is 0 Å². The van der Waals surface area contributed by atoms with E-state index in [4.69, 9.17) is 11.7 Å². The molecule has 6 N–H and O–H groups in total. The standard InChI is InChI=1S/C6H8N4O2S/c7-9-5(11)3-1-2-4(13-3)6(12)10-8/h1-2H,7-8H2,(H,9,11)(H,10,12). The summed E-state index contributed by atoms with van der Waals surface area (Å²) in [6.45, 7) is 0. The molecule has 0 aliphatic carbocycles. The van der Waals surface area contributed by atoms with Crippen LogP contribution in [-0.2, 0) is 0 Å². The van der Waals surface area contributed by atoms with Crippen LogP contribution in [0.25, 0.3) is 0 Å². The van der Waals surface area contributed by atoms with E-state index in [0.717, 1.165) is 11.3 Å². The molecule has 0 aliphatic rings. The molecule has 1 aromatic heterocycles. The Morgan fingerprint density at radius 3 is 1.77 bits per heavy atom. The first-order valence-electron chi connectivity index (χ1n) is 3.30. The van der Waals surface area contributed by atoms with Gasteiger partial charge in [0.25, 0.3) is 11.8 Å². The van der Waals surface area contributed by atoms with Crippen molar-refractivity contribution in [3.8, 4) is 0 Å². The minimum absolute atomic E-state index is 0.362. The molecule has 2 amide bonds.